The molecule has 15 heavy (non-hydrogen) atoms. The van der Waals surface area contributed by atoms with Crippen LogP contribution in [0.3, 0.4) is 0 Å². The van der Waals surface area contributed by atoms with Crippen LogP contribution in [0.1, 0.15) is 20.3 Å². The standard InChI is InChI=1S/C6H13NO2.Cu.H2O4S/c1-3-4(2)5(7)6(8)9;;1-5(2,3)4/h4-5H,3,7H2,1-2H3,(H,8,9);;(H2,1,2,3,4)/q;+2;/p-2. The average molecular weight is 291 g/mol. The van der Waals surface area contributed by atoms with E-state index in [9.17, 15) is 4.79 Å². The zero-order valence-corrected chi connectivity index (χ0v) is 9.90. The van der Waals surface area contributed by atoms with Gasteiger partial charge in [0.25, 0.3) is 0 Å². The molecule has 0 aliphatic heterocycles. The van der Waals surface area contributed by atoms with E-state index in [2.05, 4.69) is 0 Å². The van der Waals surface area contributed by atoms with Crippen molar-refractivity contribution < 1.29 is 44.5 Å². The van der Waals surface area contributed by atoms with Crippen molar-refractivity contribution in [3.63, 3.8) is 0 Å². The Morgan fingerprint density at radius 2 is 1.73 bits per heavy atom. The minimum atomic E-state index is -5.17. The summed E-state index contributed by atoms with van der Waals surface area (Å²) < 4.78 is 34.1. The van der Waals surface area contributed by atoms with E-state index in [4.69, 9.17) is 28.4 Å². The first-order chi connectivity index (χ1) is 6.09. The van der Waals surface area contributed by atoms with Gasteiger partial charge in [-0.25, -0.2) is 0 Å². The number of hydrogen-bond donors (Lipinski definition) is 2. The Kier molecular flexibility index (Phi) is 12.3. The summed E-state index contributed by atoms with van der Waals surface area (Å²) >= 11 is 0. The molecule has 0 rings (SSSR count). The molecule has 3 N–H and O–H groups in total. The second kappa shape index (κ2) is 9.08. The Balaban J connectivity index is -0.000000208. The Hall–Kier alpha value is -0.181. The molecule has 9 heteroatoms. The van der Waals surface area contributed by atoms with Gasteiger partial charge < -0.3 is 19.9 Å². The predicted octanol–water partition coefficient (Wildman–Crippen LogP) is -0.896. The molecule has 7 nitrogen and oxygen atoms in total. The summed E-state index contributed by atoms with van der Waals surface area (Å²) in [6.07, 6.45) is 0.813. The van der Waals surface area contributed by atoms with Gasteiger partial charge in [0.05, 0.1) is 0 Å². The summed E-state index contributed by atoms with van der Waals surface area (Å²) in [5.74, 6) is -0.841. The van der Waals surface area contributed by atoms with Crippen LogP contribution in [0.15, 0.2) is 0 Å². The molecule has 0 bridgehead atoms. The van der Waals surface area contributed by atoms with Gasteiger partial charge in [-0.1, -0.05) is 20.3 Å². The maximum absolute atomic E-state index is 10.2. The van der Waals surface area contributed by atoms with E-state index >= 15 is 0 Å². The monoisotopic (exact) mass is 290 g/mol. The van der Waals surface area contributed by atoms with Gasteiger partial charge in [-0.2, -0.15) is 0 Å². The first-order valence-electron chi connectivity index (χ1n) is 3.74. The second-order valence-corrected chi connectivity index (χ2v) is 3.47. The third-order valence-electron chi connectivity index (χ3n) is 1.54. The second-order valence-electron chi connectivity index (χ2n) is 2.66. The molecule has 2 atom stereocenters. The summed E-state index contributed by atoms with van der Waals surface area (Å²) in [6, 6.07) is -0.699. The average Bonchev–Trinajstić information content (AvgIpc) is 1.98. The molecule has 0 aromatic carbocycles. The molecule has 2 unspecified atom stereocenters. The van der Waals surface area contributed by atoms with Gasteiger partial charge in [0.15, 0.2) is 0 Å². The van der Waals surface area contributed by atoms with Crippen LogP contribution >= 0.6 is 0 Å². The molecule has 0 aliphatic carbocycles. The number of carboxylic acid groups (broad SMARTS) is 1. The van der Waals surface area contributed by atoms with Crippen molar-refractivity contribution in [2.75, 3.05) is 0 Å². The largest absolute Gasteiger partial charge is 2.00 e. The van der Waals surface area contributed by atoms with E-state index in [0.717, 1.165) is 6.42 Å². The van der Waals surface area contributed by atoms with Crippen LogP contribution in [-0.4, -0.2) is 34.6 Å². The summed E-state index contributed by atoms with van der Waals surface area (Å²) in [4.78, 5) is 10.2. The van der Waals surface area contributed by atoms with Crippen LogP contribution in [0, 0.1) is 5.92 Å². The zero-order chi connectivity index (χ0) is 11.9. The van der Waals surface area contributed by atoms with Crippen LogP contribution < -0.4 is 5.73 Å². The SMILES string of the molecule is CCC(C)C(N)C(=O)O.O=S(=O)([O-])[O-].[Cu+2]. The minimum absolute atomic E-state index is 0. The van der Waals surface area contributed by atoms with Crippen molar-refractivity contribution in [1.29, 1.82) is 0 Å². The van der Waals surface area contributed by atoms with Gasteiger partial charge in [-0.05, 0) is 5.92 Å². The molecule has 0 saturated carbocycles. The van der Waals surface area contributed by atoms with Gasteiger partial charge in [0.2, 0.25) is 0 Å². The maximum atomic E-state index is 10.2. The molecule has 95 valence electrons. The molecule has 1 radical (unpaired) electrons. The topological polar surface area (TPSA) is 144 Å². The quantitative estimate of drug-likeness (QED) is 0.389. The fourth-order valence-electron chi connectivity index (χ4n) is 0.497. The van der Waals surface area contributed by atoms with Crippen LogP contribution in [0.5, 0.6) is 0 Å². The predicted molar refractivity (Wildman–Crippen MR) is 45.5 cm³/mol. The summed E-state index contributed by atoms with van der Waals surface area (Å²) in [5, 5.41) is 8.36. The van der Waals surface area contributed by atoms with Crippen LogP contribution in [0.4, 0.5) is 0 Å². The fourth-order valence-corrected chi connectivity index (χ4v) is 0.497. The van der Waals surface area contributed by atoms with Crippen molar-refractivity contribution in [2.45, 2.75) is 26.3 Å². The number of aliphatic carboxylic acids is 1. The van der Waals surface area contributed by atoms with Crippen LogP contribution in [0.25, 0.3) is 0 Å². The Morgan fingerprint density at radius 3 is 1.80 bits per heavy atom. The van der Waals surface area contributed by atoms with Crippen LogP contribution in [0.2, 0.25) is 0 Å². The molecular formula is C6H13CuNO6S. The Labute approximate surface area is 99.1 Å². The molecule has 0 aromatic heterocycles. The molecule has 0 fully saturated rings. The number of nitrogens with two attached hydrogens (primary N) is 1. The van der Waals surface area contributed by atoms with E-state index in [1.807, 2.05) is 13.8 Å². The fraction of sp³-hybridized carbons (Fsp3) is 0.833. The van der Waals surface area contributed by atoms with Crippen molar-refractivity contribution in [3.05, 3.63) is 0 Å². The number of carbonyl (C=O) groups is 1. The normalized spacial score (nSPS) is 13.9. The van der Waals surface area contributed by atoms with Crippen molar-refractivity contribution in [2.24, 2.45) is 11.7 Å². The summed E-state index contributed by atoms with van der Waals surface area (Å²) in [5.41, 5.74) is 5.27. The molecule has 0 aliphatic rings. The first-order valence-corrected chi connectivity index (χ1v) is 5.08. The van der Waals surface area contributed by atoms with E-state index in [0.29, 0.717) is 0 Å². The number of hydrogen-bond acceptors (Lipinski definition) is 6. The number of rotatable bonds is 3. The van der Waals surface area contributed by atoms with E-state index in [1.165, 1.54) is 0 Å². The maximum Gasteiger partial charge on any atom is 2.00 e. The first kappa shape index (κ1) is 20.3. The Bertz CT molecular complexity index is 259. The molecule has 0 aromatic rings. The van der Waals surface area contributed by atoms with Crippen molar-refractivity contribution in [3.8, 4) is 0 Å². The van der Waals surface area contributed by atoms with Crippen molar-refractivity contribution >= 4 is 16.4 Å². The molecular weight excluding hydrogens is 278 g/mol. The van der Waals surface area contributed by atoms with Gasteiger partial charge in [0.1, 0.15) is 6.04 Å². The van der Waals surface area contributed by atoms with E-state index in [-0.39, 0.29) is 23.0 Å². The van der Waals surface area contributed by atoms with E-state index in [1.54, 1.807) is 0 Å². The van der Waals surface area contributed by atoms with Crippen LogP contribution in [-0.2, 0) is 32.3 Å². The van der Waals surface area contributed by atoms with E-state index < -0.39 is 22.4 Å². The molecule has 0 heterocycles. The summed E-state index contributed by atoms with van der Waals surface area (Å²) in [6.45, 7) is 3.76. The third-order valence-corrected chi connectivity index (χ3v) is 1.54. The van der Waals surface area contributed by atoms with Crippen molar-refractivity contribution in [1.82, 2.24) is 0 Å². The molecule has 0 spiro atoms. The molecule has 0 amide bonds. The van der Waals surface area contributed by atoms with Gasteiger partial charge >= 0.3 is 23.0 Å². The van der Waals surface area contributed by atoms with Gasteiger partial charge in [0, 0.05) is 10.4 Å². The third kappa shape index (κ3) is 20.0. The smallest absolute Gasteiger partial charge is 0.759 e. The van der Waals surface area contributed by atoms with Gasteiger partial charge in [-0.3, -0.25) is 13.2 Å². The minimum Gasteiger partial charge on any atom is -0.759 e. The molecule has 0 saturated heterocycles. The van der Waals surface area contributed by atoms with Gasteiger partial charge in [-0.15, -0.1) is 0 Å². The Morgan fingerprint density at radius 1 is 1.47 bits per heavy atom. The summed E-state index contributed by atoms with van der Waals surface area (Å²) in [7, 11) is -5.17. The zero-order valence-electron chi connectivity index (χ0n) is 8.14. The number of carboxylic acids is 1.